The van der Waals surface area contributed by atoms with E-state index in [4.69, 9.17) is 5.21 Å². The lowest BCUT2D eigenvalue weighted by atomic mass is 9.83. The molecule has 0 radical (unpaired) electrons. The summed E-state index contributed by atoms with van der Waals surface area (Å²) < 4.78 is 1.88. The van der Waals surface area contributed by atoms with Crippen LogP contribution in [-0.4, -0.2) is 69.7 Å². The van der Waals surface area contributed by atoms with Gasteiger partial charge in [-0.25, -0.2) is 0 Å². The van der Waals surface area contributed by atoms with Gasteiger partial charge in [-0.2, -0.15) is 0 Å². The normalized spacial score (nSPS) is 24.6. The summed E-state index contributed by atoms with van der Waals surface area (Å²) in [6.07, 6.45) is 2.10. The Morgan fingerprint density at radius 1 is 1.14 bits per heavy atom. The van der Waals surface area contributed by atoms with Gasteiger partial charge in [-0.05, 0) is 18.4 Å². The number of amides is 1. The van der Waals surface area contributed by atoms with Crippen LogP contribution in [0.3, 0.4) is 0 Å². The molecule has 2 atom stereocenters. The van der Waals surface area contributed by atoms with E-state index in [9.17, 15) is 14.4 Å². The van der Waals surface area contributed by atoms with Gasteiger partial charge in [0, 0.05) is 63.2 Å². The zero-order valence-corrected chi connectivity index (χ0v) is 15.9. The second-order valence-electron chi connectivity index (χ2n) is 8.15. The molecule has 28 heavy (non-hydrogen) atoms. The number of hydrogen-bond donors (Lipinski definition) is 1. The highest BCUT2D eigenvalue weighted by molar-refractivity contribution is 5.99. The minimum absolute atomic E-state index is 0.0539. The third kappa shape index (κ3) is 3.87. The SMILES string of the molecule is O=C(CC(=O)N1CCC(=NO)CC1)CN1CC2CC(C1)c1cccc(=O)n1C2. The van der Waals surface area contributed by atoms with E-state index in [-0.39, 0.29) is 36.1 Å². The highest BCUT2D eigenvalue weighted by atomic mass is 16.4. The summed E-state index contributed by atoms with van der Waals surface area (Å²) >= 11 is 0. The van der Waals surface area contributed by atoms with Crippen LogP contribution < -0.4 is 5.56 Å². The van der Waals surface area contributed by atoms with E-state index in [0.29, 0.717) is 44.1 Å². The Hall–Kier alpha value is -2.48. The summed E-state index contributed by atoms with van der Waals surface area (Å²) in [5, 5.41) is 12.0. The van der Waals surface area contributed by atoms with E-state index in [1.54, 1.807) is 11.0 Å². The molecule has 3 aliphatic rings. The number of fused-ring (bicyclic) bond motifs is 4. The zero-order chi connectivity index (χ0) is 19.7. The second-order valence-corrected chi connectivity index (χ2v) is 8.15. The average Bonchev–Trinajstić information content (AvgIpc) is 2.68. The summed E-state index contributed by atoms with van der Waals surface area (Å²) in [4.78, 5) is 40.8. The fourth-order valence-corrected chi connectivity index (χ4v) is 4.82. The van der Waals surface area contributed by atoms with Crippen molar-refractivity contribution in [1.29, 1.82) is 0 Å². The Morgan fingerprint density at radius 3 is 2.68 bits per heavy atom. The molecule has 0 aromatic carbocycles. The predicted octanol–water partition coefficient (Wildman–Crippen LogP) is 0.679. The molecule has 2 bridgehead atoms. The molecular formula is C20H26N4O4. The number of hydrogen-bond acceptors (Lipinski definition) is 6. The van der Waals surface area contributed by atoms with Crippen molar-refractivity contribution in [3.63, 3.8) is 0 Å². The maximum absolute atomic E-state index is 12.5. The molecule has 8 nitrogen and oxygen atoms in total. The summed E-state index contributed by atoms with van der Waals surface area (Å²) in [5.41, 5.74) is 1.82. The Bertz CT molecular complexity index is 852. The molecule has 1 N–H and O–H groups in total. The van der Waals surface area contributed by atoms with Crippen LogP contribution >= 0.6 is 0 Å². The van der Waals surface area contributed by atoms with Gasteiger partial charge in [0.05, 0.1) is 18.7 Å². The minimum atomic E-state index is -0.143. The maximum Gasteiger partial charge on any atom is 0.250 e. The van der Waals surface area contributed by atoms with Gasteiger partial charge in [-0.3, -0.25) is 19.3 Å². The highest BCUT2D eigenvalue weighted by Gasteiger charge is 2.35. The first kappa shape index (κ1) is 18.9. The quantitative estimate of drug-likeness (QED) is 0.466. The molecule has 2 saturated heterocycles. The number of aromatic nitrogens is 1. The Labute approximate surface area is 163 Å². The van der Waals surface area contributed by atoms with E-state index >= 15 is 0 Å². The first-order chi connectivity index (χ1) is 13.5. The Morgan fingerprint density at radius 2 is 1.93 bits per heavy atom. The molecule has 4 heterocycles. The summed E-state index contributed by atoms with van der Waals surface area (Å²) in [7, 11) is 0. The monoisotopic (exact) mass is 386 g/mol. The first-order valence-corrected chi connectivity index (χ1v) is 9.95. The number of oxime groups is 1. The minimum Gasteiger partial charge on any atom is -0.411 e. The van der Waals surface area contributed by atoms with Gasteiger partial charge in [-0.1, -0.05) is 11.2 Å². The van der Waals surface area contributed by atoms with E-state index in [1.807, 2.05) is 16.7 Å². The fraction of sp³-hybridized carbons (Fsp3) is 0.600. The van der Waals surface area contributed by atoms with Gasteiger partial charge in [-0.15, -0.1) is 0 Å². The van der Waals surface area contributed by atoms with E-state index in [1.165, 1.54) is 0 Å². The molecule has 2 fully saturated rings. The van der Waals surface area contributed by atoms with Gasteiger partial charge >= 0.3 is 0 Å². The van der Waals surface area contributed by atoms with Crippen LogP contribution in [0.2, 0.25) is 0 Å². The molecule has 0 aliphatic carbocycles. The number of ketones is 1. The van der Waals surface area contributed by atoms with Crippen molar-refractivity contribution in [2.75, 3.05) is 32.7 Å². The number of carbonyl (C=O) groups excluding carboxylic acids is 2. The largest absolute Gasteiger partial charge is 0.411 e. The first-order valence-electron chi connectivity index (χ1n) is 9.95. The second kappa shape index (κ2) is 7.87. The van der Waals surface area contributed by atoms with Gasteiger partial charge in [0.15, 0.2) is 5.78 Å². The molecule has 150 valence electrons. The van der Waals surface area contributed by atoms with Crippen molar-refractivity contribution in [1.82, 2.24) is 14.4 Å². The third-order valence-electron chi connectivity index (χ3n) is 6.14. The van der Waals surface area contributed by atoms with Crippen molar-refractivity contribution < 1.29 is 14.8 Å². The molecule has 4 rings (SSSR count). The lowest BCUT2D eigenvalue weighted by Crippen LogP contribution is -2.48. The summed E-state index contributed by atoms with van der Waals surface area (Å²) in [6.45, 7) is 3.54. The van der Waals surface area contributed by atoms with Crippen molar-refractivity contribution in [2.24, 2.45) is 11.1 Å². The Kier molecular flexibility index (Phi) is 5.30. The fourth-order valence-electron chi connectivity index (χ4n) is 4.82. The molecule has 0 saturated carbocycles. The summed E-state index contributed by atoms with van der Waals surface area (Å²) in [5.74, 6) is 0.435. The molecule has 2 unspecified atom stereocenters. The maximum atomic E-state index is 12.5. The highest BCUT2D eigenvalue weighted by Crippen LogP contribution is 2.34. The number of likely N-dealkylation sites (tertiary alicyclic amines) is 2. The molecular weight excluding hydrogens is 360 g/mol. The van der Waals surface area contributed by atoms with Crippen LogP contribution in [0.1, 0.15) is 37.3 Å². The van der Waals surface area contributed by atoms with Crippen LogP contribution in [-0.2, 0) is 16.1 Å². The van der Waals surface area contributed by atoms with Gasteiger partial charge in [0.1, 0.15) is 0 Å². The van der Waals surface area contributed by atoms with Crippen molar-refractivity contribution in [3.8, 4) is 0 Å². The van der Waals surface area contributed by atoms with E-state index < -0.39 is 0 Å². The van der Waals surface area contributed by atoms with Crippen molar-refractivity contribution >= 4 is 17.4 Å². The number of pyridine rings is 1. The number of rotatable bonds is 4. The lowest BCUT2D eigenvalue weighted by Gasteiger charge is -2.42. The standard InChI is InChI=1S/C20H26N4O4/c25-17(9-20(27)23-6-4-16(21-28)5-7-23)13-22-10-14-8-15(12-22)18-2-1-3-19(26)24(18)11-14/h1-3,14-15,28H,4-13H2. The van der Waals surface area contributed by atoms with Crippen LogP contribution in [0.5, 0.6) is 0 Å². The molecule has 1 aromatic rings. The smallest absolute Gasteiger partial charge is 0.250 e. The van der Waals surface area contributed by atoms with Gasteiger partial charge in [0.2, 0.25) is 5.91 Å². The van der Waals surface area contributed by atoms with Crippen LogP contribution in [0.25, 0.3) is 0 Å². The average molecular weight is 386 g/mol. The predicted molar refractivity (Wildman–Crippen MR) is 103 cm³/mol. The number of carbonyl (C=O) groups is 2. The van der Waals surface area contributed by atoms with Crippen molar-refractivity contribution in [3.05, 3.63) is 34.2 Å². The number of nitrogens with zero attached hydrogens (tertiary/aromatic N) is 4. The van der Waals surface area contributed by atoms with E-state index in [2.05, 4.69) is 10.1 Å². The lowest BCUT2D eigenvalue weighted by molar-refractivity contribution is -0.136. The summed E-state index contributed by atoms with van der Waals surface area (Å²) in [6, 6.07) is 5.42. The van der Waals surface area contributed by atoms with Gasteiger partial charge in [0.25, 0.3) is 5.56 Å². The molecule has 1 aromatic heterocycles. The molecule has 1 amide bonds. The van der Waals surface area contributed by atoms with Crippen LogP contribution in [0.4, 0.5) is 0 Å². The van der Waals surface area contributed by atoms with E-state index in [0.717, 1.165) is 25.2 Å². The zero-order valence-electron chi connectivity index (χ0n) is 15.9. The third-order valence-corrected chi connectivity index (χ3v) is 6.14. The molecule has 3 aliphatic heterocycles. The number of Topliss-reactive ketones (excluding diaryl/α,β-unsaturated/α-hetero) is 1. The molecule has 0 spiro atoms. The molecule has 8 heteroatoms. The van der Waals surface area contributed by atoms with Crippen LogP contribution in [0.15, 0.2) is 28.1 Å². The van der Waals surface area contributed by atoms with Crippen molar-refractivity contribution in [2.45, 2.75) is 38.1 Å². The van der Waals surface area contributed by atoms with Gasteiger partial charge < -0.3 is 14.7 Å². The number of piperidine rings is 2. The van der Waals surface area contributed by atoms with Crippen LogP contribution in [0, 0.1) is 5.92 Å². The topological polar surface area (TPSA) is 95.2 Å². The Balaban J connectivity index is 1.32.